The summed E-state index contributed by atoms with van der Waals surface area (Å²) in [6.07, 6.45) is 0. The van der Waals surface area contributed by atoms with Gasteiger partial charge in [-0.1, -0.05) is 11.6 Å². The Kier molecular flexibility index (Phi) is 2.14. The highest BCUT2D eigenvalue weighted by Gasteiger charge is 2.14. The van der Waals surface area contributed by atoms with Gasteiger partial charge in [-0.3, -0.25) is 10.1 Å². The summed E-state index contributed by atoms with van der Waals surface area (Å²) in [6, 6.07) is 1.70. The smallest absolute Gasteiger partial charge is 0.295 e. The second kappa shape index (κ2) is 2.94. The molecule has 1 aromatic carbocycles. The van der Waals surface area contributed by atoms with Gasteiger partial charge in [-0.25, -0.2) is 4.39 Å². The van der Waals surface area contributed by atoms with Crippen molar-refractivity contribution in [2.75, 3.05) is 5.73 Å². The van der Waals surface area contributed by atoms with Crippen LogP contribution in [0, 0.1) is 15.9 Å². The van der Waals surface area contributed by atoms with Gasteiger partial charge in [-0.05, 0) is 6.07 Å². The minimum atomic E-state index is -0.849. The summed E-state index contributed by atoms with van der Waals surface area (Å²) >= 11 is 5.31. The molecule has 1 rings (SSSR count). The number of benzene rings is 1. The number of hydrogen-bond donors (Lipinski definition) is 1. The van der Waals surface area contributed by atoms with Crippen LogP contribution in [0.25, 0.3) is 0 Å². The van der Waals surface area contributed by atoms with Crippen molar-refractivity contribution in [1.29, 1.82) is 0 Å². The molecular formula is C6H4ClFN2O2. The highest BCUT2D eigenvalue weighted by Crippen LogP contribution is 2.27. The van der Waals surface area contributed by atoms with Crippen molar-refractivity contribution >= 4 is 23.0 Å². The zero-order valence-corrected chi connectivity index (χ0v) is 6.51. The van der Waals surface area contributed by atoms with Crippen LogP contribution in [0.5, 0.6) is 0 Å². The maximum Gasteiger partial charge on any atom is 0.295 e. The van der Waals surface area contributed by atoms with Crippen LogP contribution in [0.2, 0.25) is 5.02 Å². The number of nitrogen functional groups attached to an aromatic ring is 1. The molecule has 0 aromatic heterocycles. The first kappa shape index (κ1) is 8.73. The molecule has 0 spiro atoms. The van der Waals surface area contributed by atoms with Crippen molar-refractivity contribution in [2.24, 2.45) is 0 Å². The van der Waals surface area contributed by atoms with Gasteiger partial charge in [0.2, 0.25) is 0 Å². The molecule has 2 N–H and O–H groups in total. The molecule has 0 heterocycles. The van der Waals surface area contributed by atoms with Gasteiger partial charge in [-0.15, -0.1) is 0 Å². The second-order valence-electron chi connectivity index (χ2n) is 2.08. The number of rotatable bonds is 1. The minimum absolute atomic E-state index is 0.147. The number of anilines is 1. The molecule has 0 aliphatic carbocycles. The lowest BCUT2D eigenvalue weighted by Gasteiger charge is -1.97. The van der Waals surface area contributed by atoms with Crippen LogP contribution in [0.15, 0.2) is 12.1 Å². The van der Waals surface area contributed by atoms with Gasteiger partial charge in [0.15, 0.2) is 0 Å². The van der Waals surface area contributed by atoms with Crippen molar-refractivity contribution in [1.82, 2.24) is 0 Å². The fourth-order valence-electron chi connectivity index (χ4n) is 0.710. The van der Waals surface area contributed by atoms with Gasteiger partial charge in [0.25, 0.3) is 5.69 Å². The zero-order chi connectivity index (χ0) is 9.30. The third-order valence-corrected chi connectivity index (χ3v) is 1.56. The predicted molar refractivity (Wildman–Crippen MR) is 42.5 cm³/mol. The van der Waals surface area contributed by atoms with Gasteiger partial charge in [-0.2, -0.15) is 0 Å². The van der Waals surface area contributed by atoms with Crippen LogP contribution in [0.1, 0.15) is 0 Å². The molecule has 6 heteroatoms. The number of hydrogen-bond acceptors (Lipinski definition) is 3. The Balaban J connectivity index is 3.33. The van der Waals surface area contributed by atoms with E-state index in [4.69, 9.17) is 17.3 Å². The highest BCUT2D eigenvalue weighted by atomic mass is 35.5. The molecular weight excluding hydrogens is 187 g/mol. The summed E-state index contributed by atoms with van der Waals surface area (Å²) < 4.78 is 12.6. The standard InChI is InChI=1S/C6H4ClFN2O2/c7-3-1-5(9)6(10(11)12)2-4(3)8/h1-2H,9H2. The molecule has 0 radical (unpaired) electrons. The number of nitro groups is 1. The molecule has 4 nitrogen and oxygen atoms in total. The van der Waals surface area contributed by atoms with E-state index in [1.807, 2.05) is 0 Å². The van der Waals surface area contributed by atoms with Crippen molar-refractivity contribution in [3.63, 3.8) is 0 Å². The monoisotopic (exact) mass is 190 g/mol. The van der Waals surface area contributed by atoms with E-state index >= 15 is 0 Å². The van der Waals surface area contributed by atoms with E-state index in [1.54, 1.807) is 0 Å². The number of nitrogens with two attached hydrogens (primary N) is 1. The van der Waals surface area contributed by atoms with Crippen LogP contribution in [-0.4, -0.2) is 4.92 Å². The molecule has 0 bridgehead atoms. The van der Waals surface area contributed by atoms with Crippen LogP contribution >= 0.6 is 11.6 Å². The first-order chi connectivity index (χ1) is 5.52. The lowest BCUT2D eigenvalue weighted by atomic mass is 10.2. The molecule has 0 aliphatic rings. The van der Waals surface area contributed by atoms with E-state index in [2.05, 4.69) is 0 Å². The Hall–Kier alpha value is -1.36. The first-order valence-corrected chi connectivity index (χ1v) is 3.29. The van der Waals surface area contributed by atoms with Crippen molar-refractivity contribution < 1.29 is 9.31 Å². The molecule has 0 amide bonds. The van der Waals surface area contributed by atoms with E-state index in [9.17, 15) is 14.5 Å². The zero-order valence-electron chi connectivity index (χ0n) is 5.75. The highest BCUT2D eigenvalue weighted by molar-refractivity contribution is 6.31. The van der Waals surface area contributed by atoms with E-state index in [-0.39, 0.29) is 10.7 Å². The number of halogens is 2. The molecule has 0 aliphatic heterocycles. The Bertz CT molecular complexity index is 343. The molecule has 64 valence electrons. The summed E-state index contributed by atoms with van der Waals surface area (Å²) in [5.74, 6) is -0.849. The predicted octanol–water partition coefficient (Wildman–Crippen LogP) is 1.97. The summed E-state index contributed by atoms with van der Waals surface area (Å²) in [4.78, 5) is 9.43. The summed E-state index contributed by atoms with van der Waals surface area (Å²) in [5.41, 5.74) is 4.58. The summed E-state index contributed by atoms with van der Waals surface area (Å²) in [6.45, 7) is 0. The molecule has 12 heavy (non-hydrogen) atoms. The fourth-order valence-corrected chi connectivity index (χ4v) is 0.882. The molecule has 1 aromatic rings. The second-order valence-corrected chi connectivity index (χ2v) is 2.49. The van der Waals surface area contributed by atoms with Gasteiger partial charge >= 0.3 is 0 Å². The van der Waals surface area contributed by atoms with Gasteiger partial charge < -0.3 is 5.73 Å². The third kappa shape index (κ3) is 1.45. The van der Waals surface area contributed by atoms with Gasteiger partial charge in [0, 0.05) is 0 Å². The lowest BCUT2D eigenvalue weighted by molar-refractivity contribution is -0.384. The number of nitrogens with zero attached hydrogens (tertiary/aromatic N) is 1. The van der Waals surface area contributed by atoms with Crippen LogP contribution < -0.4 is 5.73 Å². The maximum atomic E-state index is 12.6. The summed E-state index contributed by atoms with van der Waals surface area (Å²) in [5, 5.41) is 9.98. The Labute approximate surface area is 71.9 Å². The normalized spacial score (nSPS) is 9.83. The SMILES string of the molecule is Nc1cc(Cl)c(F)cc1[N+](=O)[O-]. The Morgan fingerprint density at radius 2 is 2.17 bits per heavy atom. The van der Waals surface area contributed by atoms with Crippen LogP contribution in [0.3, 0.4) is 0 Å². The minimum Gasteiger partial charge on any atom is -0.393 e. The topological polar surface area (TPSA) is 69.2 Å². The first-order valence-electron chi connectivity index (χ1n) is 2.91. The molecule has 0 atom stereocenters. The third-order valence-electron chi connectivity index (χ3n) is 1.27. The maximum absolute atomic E-state index is 12.6. The average molecular weight is 191 g/mol. The summed E-state index contributed by atoms with van der Waals surface area (Å²) in [7, 11) is 0. The van der Waals surface area contributed by atoms with E-state index in [0.29, 0.717) is 6.07 Å². The van der Waals surface area contributed by atoms with Crippen molar-refractivity contribution in [3.05, 3.63) is 33.1 Å². The molecule has 0 unspecified atom stereocenters. The van der Waals surface area contributed by atoms with Gasteiger partial charge in [0.05, 0.1) is 16.0 Å². The van der Waals surface area contributed by atoms with Gasteiger partial charge in [0.1, 0.15) is 11.5 Å². The number of nitro benzene ring substituents is 1. The quantitative estimate of drug-likeness (QED) is 0.418. The molecule has 0 fully saturated rings. The Morgan fingerprint density at radius 1 is 1.58 bits per heavy atom. The average Bonchev–Trinajstić information content (AvgIpc) is 1.96. The van der Waals surface area contributed by atoms with E-state index in [1.165, 1.54) is 0 Å². The van der Waals surface area contributed by atoms with Crippen molar-refractivity contribution in [3.8, 4) is 0 Å². The largest absolute Gasteiger partial charge is 0.393 e. The van der Waals surface area contributed by atoms with Crippen LogP contribution in [0.4, 0.5) is 15.8 Å². The lowest BCUT2D eigenvalue weighted by Crippen LogP contribution is -1.96. The molecule has 0 saturated heterocycles. The van der Waals surface area contributed by atoms with Crippen molar-refractivity contribution in [2.45, 2.75) is 0 Å². The van der Waals surface area contributed by atoms with Crippen LogP contribution in [-0.2, 0) is 0 Å². The Morgan fingerprint density at radius 3 is 2.67 bits per heavy atom. The fraction of sp³-hybridized carbons (Fsp3) is 0. The van der Waals surface area contributed by atoms with E-state index in [0.717, 1.165) is 6.07 Å². The molecule has 0 saturated carbocycles. The van der Waals surface area contributed by atoms with E-state index < -0.39 is 16.4 Å².